The average molecular weight is 178 g/mol. The first-order valence-corrected chi connectivity index (χ1v) is 3.82. The molecule has 0 unspecified atom stereocenters. The Kier molecular flexibility index (Phi) is 25.4. The van der Waals surface area contributed by atoms with Gasteiger partial charge in [0.2, 0.25) is 0 Å². The molecule has 0 nitrogen and oxygen atoms in total. The highest BCUT2D eigenvalue weighted by atomic mass is 32.1. The summed E-state index contributed by atoms with van der Waals surface area (Å²) < 4.78 is 9.50. The van der Waals surface area contributed by atoms with Gasteiger partial charge in [-0.1, -0.05) is 19.1 Å². The summed E-state index contributed by atoms with van der Waals surface area (Å²) in [7, 11) is 0.500. The van der Waals surface area contributed by atoms with E-state index in [0.717, 1.165) is 11.3 Å². The van der Waals surface area contributed by atoms with Crippen molar-refractivity contribution < 1.29 is 4.39 Å². The maximum atomic E-state index is 9.50. The van der Waals surface area contributed by atoms with E-state index >= 15 is 0 Å². The van der Waals surface area contributed by atoms with Crippen molar-refractivity contribution >= 4 is 12.6 Å². The second-order valence-electron chi connectivity index (χ2n) is 2.13. The van der Waals surface area contributed by atoms with E-state index in [1.54, 1.807) is 0 Å². The number of allylic oxidation sites excluding steroid dienone is 2. The number of thiol groups is 1. The van der Waals surface area contributed by atoms with Crippen molar-refractivity contribution in [2.24, 2.45) is 0 Å². The molecule has 0 atom stereocenters. The van der Waals surface area contributed by atoms with Crippen molar-refractivity contribution in [3.63, 3.8) is 0 Å². The van der Waals surface area contributed by atoms with Crippen molar-refractivity contribution in [1.82, 2.24) is 0 Å². The largest absolute Gasteiger partial charge is 0.255 e. The molecule has 0 saturated carbocycles. The molecule has 0 aromatic carbocycles. The monoisotopic (exact) mass is 178 g/mol. The van der Waals surface area contributed by atoms with E-state index in [1.807, 2.05) is 20.8 Å². The molecular weight excluding hydrogens is 159 g/mol. The molecule has 11 heavy (non-hydrogen) atoms. The van der Waals surface area contributed by atoms with Crippen LogP contribution in [0.3, 0.4) is 0 Å². The number of rotatable bonds is 1. The van der Waals surface area contributed by atoms with E-state index < -0.39 is 0 Å². The van der Waals surface area contributed by atoms with Crippen LogP contribution in [0.5, 0.6) is 0 Å². The molecule has 0 heterocycles. The topological polar surface area (TPSA) is 0 Å². The SMILES string of the molecule is C=C(C)C.C=C(S)CC.CF. The second-order valence-corrected chi connectivity index (χ2v) is 2.76. The molecular formula is C9H19FS. The van der Waals surface area contributed by atoms with Crippen LogP contribution in [0.2, 0.25) is 0 Å². The third-order valence-electron chi connectivity index (χ3n) is 0.408. The summed E-state index contributed by atoms with van der Waals surface area (Å²) in [4.78, 5) is 0.949. The van der Waals surface area contributed by atoms with Gasteiger partial charge >= 0.3 is 0 Å². The third kappa shape index (κ3) is 190. The van der Waals surface area contributed by atoms with Crippen LogP contribution in [0.4, 0.5) is 4.39 Å². The quantitative estimate of drug-likeness (QED) is 0.455. The van der Waals surface area contributed by atoms with E-state index in [0.29, 0.717) is 7.18 Å². The summed E-state index contributed by atoms with van der Waals surface area (Å²) in [6.07, 6.45) is 0.975. The third-order valence-corrected chi connectivity index (χ3v) is 0.724. The molecule has 0 radical (unpaired) electrons. The fraction of sp³-hybridized carbons (Fsp3) is 0.556. The van der Waals surface area contributed by atoms with Crippen LogP contribution in [0.1, 0.15) is 27.2 Å². The summed E-state index contributed by atoms with van der Waals surface area (Å²) in [5.74, 6) is 0. The van der Waals surface area contributed by atoms with E-state index in [2.05, 4.69) is 25.8 Å². The highest BCUT2D eigenvalue weighted by Gasteiger charge is 1.68. The average Bonchev–Trinajstić information content (AvgIpc) is 1.91. The minimum absolute atomic E-state index is 0.500. The zero-order chi connectivity index (χ0) is 9.86. The first kappa shape index (κ1) is 17.0. The standard InChI is InChI=1S/C4H8S.C4H8.CH3F/c1-3-4(2)5;1-4(2)3;1-2/h5H,2-3H2,1H3;1H2,2-3H3;1H3. The summed E-state index contributed by atoms with van der Waals surface area (Å²) in [6.45, 7) is 13.1. The van der Waals surface area contributed by atoms with Gasteiger partial charge in [-0.25, -0.2) is 0 Å². The Balaban J connectivity index is -0.0000000965. The Morgan fingerprint density at radius 2 is 1.36 bits per heavy atom. The summed E-state index contributed by atoms with van der Waals surface area (Å²) in [6, 6.07) is 0. The first-order valence-electron chi connectivity index (χ1n) is 3.37. The number of hydrogen-bond acceptors (Lipinski definition) is 1. The molecule has 0 fully saturated rings. The highest BCUT2D eigenvalue weighted by Crippen LogP contribution is 1.97. The molecule has 0 bridgehead atoms. The van der Waals surface area contributed by atoms with Gasteiger partial charge in [-0.3, -0.25) is 4.39 Å². The lowest BCUT2D eigenvalue weighted by Crippen LogP contribution is -1.53. The fourth-order valence-electron chi connectivity index (χ4n) is 0. The Hall–Kier alpha value is -0.240. The van der Waals surface area contributed by atoms with Gasteiger partial charge in [0.05, 0.1) is 7.18 Å². The molecule has 2 heteroatoms. The number of halogens is 1. The molecule has 0 spiro atoms. The Morgan fingerprint density at radius 1 is 1.27 bits per heavy atom. The van der Waals surface area contributed by atoms with Crippen LogP contribution >= 0.6 is 12.6 Å². The van der Waals surface area contributed by atoms with E-state index in [9.17, 15) is 4.39 Å². The Bertz CT molecular complexity index is 93.7. The van der Waals surface area contributed by atoms with Gasteiger partial charge in [-0.05, 0) is 25.2 Å². The molecule has 0 aliphatic heterocycles. The van der Waals surface area contributed by atoms with Crippen molar-refractivity contribution in [1.29, 1.82) is 0 Å². The molecule has 0 rings (SSSR count). The molecule has 0 aromatic rings. The van der Waals surface area contributed by atoms with Gasteiger partial charge in [-0.15, -0.1) is 19.2 Å². The molecule has 0 aromatic heterocycles. The molecule has 0 saturated heterocycles. The smallest absolute Gasteiger partial charge is 0.0785 e. The van der Waals surface area contributed by atoms with Crippen molar-refractivity contribution in [2.75, 3.05) is 7.18 Å². The van der Waals surface area contributed by atoms with Gasteiger partial charge in [-0.2, -0.15) is 0 Å². The van der Waals surface area contributed by atoms with Crippen molar-refractivity contribution in [3.05, 3.63) is 23.6 Å². The minimum Gasteiger partial charge on any atom is -0.255 e. The number of hydrogen-bond donors (Lipinski definition) is 1. The lowest BCUT2D eigenvalue weighted by Gasteiger charge is -1.78. The molecule has 0 amide bonds. The predicted molar refractivity (Wildman–Crippen MR) is 55.9 cm³/mol. The Morgan fingerprint density at radius 3 is 1.36 bits per heavy atom. The van der Waals surface area contributed by atoms with E-state index in [-0.39, 0.29) is 0 Å². The lowest BCUT2D eigenvalue weighted by molar-refractivity contribution is 0.636. The van der Waals surface area contributed by atoms with Crippen LogP contribution in [-0.2, 0) is 0 Å². The fourth-order valence-corrected chi connectivity index (χ4v) is 0. The maximum absolute atomic E-state index is 9.50. The van der Waals surface area contributed by atoms with Crippen LogP contribution in [-0.4, -0.2) is 7.18 Å². The maximum Gasteiger partial charge on any atom is 0.0785 e. The predicted octanol–water partition coefficient (Wildman–Crippen LogP) is 4.01. The normalized spacial score (nSPS) is 6.36. The zero-order valence-corrected chi connectivity index (χ0v) is 8.84. The van der Waals surface area contributed by atoms with Crippen LogP contribution in [0, 0.1) is 0 Å². The molecule has 0 aliphatic carbocycles. The van der Waals surface area contributed by atoms with Crippen molar-refractivity contribution in [2.45, 2.75) is 27.2 Å². The van der Waals surface area contributed by atoms with E-state index in [1.165, 1.54) is 5.57 Å². The van der Waals surface area contributed by atoms with Gasteiger partial charge in [0, 0.05) is 0 Å². The van der Waals surface area contributed by atoms with Gasteiger partial charge in [0.15, 0.2) is 0 Å². The van der Waals surface area contributed by atoms with Gasteiger partial charge < -0.3 is 0 Å². The zero-order valence-electron chi connectivity index (χ0n) is 7.95. The van der Waals surface area contributed by atoms with Gasteiger partial charge in [0.1, 0.15) is 0 Å². The molecule has 68 valence electrons. The van der Waals surface area contributed by atoms with Crippen molar-refractivity contribution in [3.8, 4) is 0 Å². The lowest BCUT2D eigenvalue weighted by atomic mass is 10.4. The van der Waals surface area contributed by atoms with Crippen LogP contribution in [0.25, 0.3) is 0 Å². The highest BCUT2D eigenvalue weighted by molar-refractivity contribution is 7.84. The number of alkyl halides is 1. The van der Waals surface area contributed by atoms with Crippen LogP contribution < -0.4 is 0 Å². The Labute approximate surface area is 75.6 Å². The second kappa shape index (κ2) is 16.4. The summed E-state index contributed by atoms with van der Waals surface area (Å²) in [5.41, 5.74) is 1.17. The molecule has 0 N–H and O–H groups in total. The first-order chi connectivity index (χ1) is 5.00. The molecule has 0 aliphatic rings. The minimum atomic E-state index is 0.500. The summed E-state index contributed by atoms with van der Waals surface area (Å²) >= 11 is 3.90. The summed E-state index contributed by atoms with van der Waals surface area (Å²) in [5, 5.41) is 0. The van der Waals surface area contributed by atoms with Crippen LogP contribution in [0.15, 0.2) is 23.6 Å². The van der Waals surface area contributed by atoms with Gasteiger partial charge in [0.25, 0.3) is 0 Å². The van der Waals surface area contributed by atoms with E-state index in [4.69, 9.17) is 0 Å².